The Bertz CT molecular complexity index is 560. The molecule has 2 amide bonds. The Balaban J connectivity index is 2.12. The number of hydrogen-bond acceptors (Lipinski definition) is 2. The molecule has 22 heavy (non-hydrogen) atoms. The largest absolute Gasteiger partial charge is 0.391 e. The van der Waals surface area contributed by atoms with Gasteiger partial charge >= 0.3 is 6.18 Å². The maximum atomic E-state index is 12.7. The van der Waals surface area contributed by atoms with Gasteiger partial charge in [-0.05, 0) is 24.1 Å². The first-order valence-corrected chi connectivity index (χ1v) is 7.04. The fraction of sp³-hybridized carbons (Fsp3) is 0.429. The molecule has 4 nitrogen and oxygen atoms in total. The summed E-state index contributed by atoms with van der Waals surface area (Å²) in [7, 11) is 0. The smallest absolute Gasteiger partial charge is 0.347 e. The highest BCUT2D eigenvalue weighted by atomic mass is 35.5. The lowest BCUT2D eigenvalue weighted by Gasteiger charge is -2.22. The van der Waals surface area contributed by atoms with Crippen molar-refractivity contribution in [3.8, 4) is 0 Å². The highest BCUT2D eigenvalue weighted by molar-refractivity contribution is 6.30. The predicted molar refractivity (Wildman–Crippen MR) is 74.2 cm³/mol. The Kier molecular flexibility index (Phi) is 4.95. The molecule has 8 heteroatoms. The summed E-state index contributed by atoms with van der Waals surface area (Å²) >= 11 is 5.72. The number of rotatable bonds is 4. The lowest BCUT2D eigenvalue weighted by Crippen LogP contribution is -2.43. The molecule has 2 rings (SSSR count). The van der Waals surface area contributed by atoms with E-state index in [1.807, 2.05) is 0 Å². The van der Waals surface area contributed by atoms with E-state index in [2.05, 4.69) is 10.6 Å². The van der Waals surface area contributed by atoms with Gasteiger partial charge in [-0.1, -0.05) is 23.7 Å². The van der Waals surface area contributed by atoms with Gasteiger partial charge in [-0.2, -0.15) is 13.2 Å². The van der Waals surface area contributed by atoms with Crippen LogP contribution in [0.25, 0.3) is 0 Å². The van der Waals surface area contributed by atoms with Gasteiger partial charge in [0, 0.05) is 11.4 Å². The second kappa shape index (κ2) is 6.56. The highest BCUT2D eigenvalue weighted by Gasteiger charge is 2.35. The summed E-state index contributed by atoms with van der Waals surface area (Å²) in [6.07, 6.45) is -5.15. The average Bonchev–Trinajstić information content (AvgIpc) is 2.84. The molecule has 0 aliphatic carbocycles. The number of benzene rings is 1. The molecule has 1 saturated heterocycles. The zero-order chi connectivity index (χ0) is 16.3. The molecule has 0 saturated carbocycles. The van der Waals surface area contributed by atoms with Gasteiger partial charge in [0.1, 0.15) is 6.04 Å². The van der Waals surface area contributed by atoms with Crippen molar-refractivity contribution < 1.29 is 22.8 Å². The van der Waals surface area contributed by atoms with Gasteiger partial charge in [-0.3, -0.25) is 9.59 Å². The number of halogens is 4. The minimum absolute atomic E-state index is 0.197. The minimum atomic E-state index is -4.43. The monoisotopic (exact) mass is 334 g/mol. The summed E-state index contributed by atoms with van der Waals surface area (Å²) in [6, 6.07) is 3.80. The number of carbonyl (C=O) groups excluding carboxylic acids is 2. The van der Waals surface area contributed by atoms with Gasteiger partial charge in [-0.15, -0.1) is 0 Å². The third kappa shape index (κ3) is 4.62. The molecule has 1 aliphatic heterocycles. The van der Waals surface area contributed by atoms with Crippen LogP contribution in [0.15, 0.2) is 24.3 Å². The van der Waals surface area contributed by atoms with E-state index in [0.717, 1.165) is 0 Å². The van der Waals surface area contributed by atoms with Crippen LogP contribution in [0.3, 0.4) is 0 Å². The third-order valence-electron chi connectivity index (χ3n) is 3.34. The van der Waals surface area contributed by atoms with Crippen molar-refractivity contribution in [1.29, 1.82) is 0 Å². The third-order valence-corrected chi connectivity index (χ3v) is 3.59. The standard InChI is InChI=1S/C14H14ClF3N2O2/c15-9-3-1-8(2-4-9)11(7-14(16,17)18)20-13(22)10-5-6-12(21)19-10/h1-4,10-11H,5-7H2,(H,19,21)(H,20,22)/t10-,11-/m1/s1. The van der Waals surface area contributed by atoms with E-state index >= 15 is 0 Å². The molecule has 1 aromatic carbocycles. The topological polar surface area (TPSA) is 58.2 Å². The van der Waals surface area contributed by atoms with E-state index in [0.29, 0.717) is 10.6 Å². The van der Waals surface area contributed by atoms with Crippen LogP contribution in [0.2, 0.25) is 5.02 Å². The second-order valence-electron chi connectivity index (χ2n) is 5.09. The van der Waals surface area contributed by atoms with Crippen molar-refractivity contribution in [3.05, 3.63) is 34.9 Å². The summed E-state index contributed by atoms with van der Waals surface area (Å²) < 4.78 is 38.1. The van der Waals surface area contributed by atoms with E-state index in [4.69, 9.17) is 11.6 Å². The molecule has 0 unspecified atom stereocenters. The van der Waals surface area contributed by atoms with Crippen LogP contribution in [-0.2, 0) is 9.59 Å². The van der Waals surface area contributed by atoms with Crippen molar-refractivity contribution >= 4 is 23.4 Å². The van der Waals surface area contributed by atoms with Crippen LogP contribution in [-0.4, -0.2) is 24.0 Å². The molecule has 120 valence electrons. The van der Waals surface area contributed by atoms with Gasteiger partial charge in [-0.25, -0.2) is 0 Å². The molecule has 0 aromatic heterocycles. The normalized spacial score (nSPS) is 19.6. The van der Waals surface area contributed by atoms with E-state index in [1.165, 1.54) is 24.3 Å². The van der Waals surface area contributed by atoms with Crippen molar-refractivity contribution in [2.24, 2.45) is 0 Å². The van der Waals surface area contributed by atoms with Crippen LogP contribution in [0.5, 0.6) is 0 Å². The van der Waals surface area contributed by atoms with Crippen molar-refractivity contribution in [2.45, 2.75) is 37.5 Å². The maximum absolute atomic E-state index is 12.7. The maximum Gasteiger partial charge on any atom is 0.391 e. The number of nitrogens with one attached hydrogen (secondary N) is 2. The average molecular weight is 335 g/mol. The highest BCUT2D eigenvalue weighted by Crippen LogP contribution is 2.30. The first-order chi connectivity index (χ1) is 10.2. The summed E-state index contributed by atoms with van der Waals surface area (Å²) in [6.45, 7) is 0. The van der Waals surface area contributed by atoms with E-state index < -0.39 is 30.6 Å². The molecule has 0 spiro atoms. The van der Waals surface area contributed by atoms with E-state index in [-0.39, 0.29) is 18.7 Å². The first-order valence-electron chi connectivity index (χ1n) is 6.66. The van der Waals surface area contributed by atoms with Crippen molar-refractivity contribution in [1.82, 2.24) is 10.6 Å². The van der Waals surface area contributed by atoms with Crippen molar-refractivity contribution in [3.63, 3.8) is 0 Å². The minimum Gasteiger partial charge on any atom is -0.347 e. The molecule has 2 N–H and O–H groups in total. The fourth-order valence-corrected chi connectivity index (χ4v) is 2.39. The number of carbonyl (C=O) groups is 2. The fourth-order valence-electron chi connectivity index (χ4n) is 2.26. The summed E-state index contributed by atoms with van der Waals surface area (Å²) in [5.74, 6) is -0.894. The van der Waals surface area contributed by atoms with Crippen LogP contribution in [0.1, 0.15) is 30.9 Å². The summed E-state index contributed by atoms with van der Waals surface area (Å²) in [5.41, 5.74) is 0.305. The Hall–Kier alpha value is -1.76. The van der Waals surface area contributed by atoms with Crippen LogP contribution in [0.4, 0.5) is 13.2 Å². The molecule has 0 bridgehead atoms. The summed E-state index contributed by atoms with van der Waals surface area (Å²) in [5, 5.41) is 5.18. The van der Waals surface area contributed by atoms with E-state index in [1.54, 1.807) is 0 Å². The van der Waals surface area contributed by atoms with Gasteiger partial charge in [0.15, 0.2) is 0 Å². The van der Waals surface area contributed by atoms with Crippen LogP contribution in [0, 0.1) is 0 Å². The SMILES string of the molecule is O=C1CC[C@H](C(=O)N[C@H](CC(F)(F)F)c2ccc(Cl)cc2)N1. The summed E-state index contributed by atoms with van der Waals surface area (Å²) in [4.78, 5) is 23.1. The molecule has 1 aromatic rings. The van der Waals surface area contributed by atoms with Gasteiger partial charge in [0.25, 0.3) is 0 Å². The van der Waals surface area contributed by atoms with E-state index in [9.17, 15) is 22.8 Å². The van der Waals surface area contributed by atoms with Gasteiger partial charge in [0.05, 0.1) is 12.5 Å². The number of hydrogen-bond donors (Lipinski definition) is 2. The number of amides is 2. The van der Waals surface area contributed by atoms with Gasteiger partial charge in [0.2, 0.25) is 11.8 Å². The second-order valence-corrected chi connectivity index (χ2v) is 5.53. The van der Waals surface area contributed by atoms with Crippen molar-refractivity contribution in [2.75, 3.05) is 0 Å². The predicted octanol–water partition coefficient (Wildman–Crippen LogP) is 2.73. The molecular weight excluding hydrogens is 321 g/mol. The number of alkyl halides is 3. The molecule has 1 fully saturated rings. The first kappa shape index (κ1) is 16.6. The molecule has 1 aliphatic rings. The lowest BCUT2D eigenvalue weighted by atomic mass is 10.0. The van der Waals surface area contributed by atoms with Crippen LogP contribution >= 0.6 is 11.6 Å². The lowest BCUT2D eigenvalue weighted by molar-refractivity contribution is -0.143. The quantitative estimate of drug-likeness (QED) is 0.889. The Morgan fingerprint density at radius 2 is 2.00 bits per heavy atom. The Labute approximate surface area is 130 Å². The molecule has 1 heterocycles. The zero-order valence-electron chi connectivity index (χ0n) is 11.4. The zero-order valence-corrected chi connectivity index (χ0v) is 12.2. The molecular formula is C14H14ClF3N2O2. The Morgan fingerprint density at radius 1 is 1.36 bits per heavy atom. The van der Waals surface area contributed by atoms with Crippen LogP contribution < -0.4 is 10.6 Å². The van der Waals surface area contributed by atoms with Gasteiger partial charge < -0.3 is 10.6 Å². The Morgan fingerprint density at radius 3 is 2.50 bits per heavy atom. The molecule has 2 atom stereocenters. The molecule has 0 radical (unpaired) electrons.